The van der Waals surface area contributed by atoms with Crippen molar-refractivity contribution in [1.82, 2.24) is 0 Å². The van der Waals surface area contributed by atoms with Crippen molar-refractivity contribution in [3.63, 3.8) is 0 Å². The van der Waals surface area contributed by atoms with Crippen LogP contribution in [-0.4, -0.2) is 29.4 Å². The van der Waals surface area contributed by atoms with E-state index in [1.54, 1.807) is 0 Å². The van der Waals surface area contributed by atoms with E-state index in [9.17, 15) is 15.0 Å². The maximum absolute atomic E-state index is 10.8. The topological polar surface area (TPSA) is 66.8 Å². The molecule has 0 aromatic carbocycles. The van der Waals surface area contributed by atoms with E-state index in [1.165, 1.54) is 7.11 Å². The number of hydrogen-bond donors (Lipinski definition) is 2. The lowest BCUT2D eigenvalue weighted by atomic mass is 10.0. The molecule has 4 heteroatoms. The highest BCUT2D eigenvalue weighted by Crippen LogP contribution is 2.12. The molecule has 0 saturated carbocycles. The molecule has 0 fully saturated rings. The average Bonchev–Trinajstić information content (AvgIpc) is 2.41. The van der Waals surface area contributed by atoms with Crippen LogP contribution in [0, 0.1) is 0 Å². The molecule has 0 aromatic heterocycles. The second-order valence-electron chi connectivity index (χ2n) is 4.88. The van der Waals surface area contributed by atoms with Crippen molar-refractivity contribution in [1.29, 1.82) is 0 Å². The smallest absolute Gasteiger partial charge is 0.333 e. The van der Waals surface area contributed by atoms with Crippen LogP contribution in [0.5, 0.6) is 0 Å². The van der Waals surface area contributed by atoms with E-state index in [4.69, 9.17) is 0 Å². The van der Waals surface area contributed by atoms with Crippen molar-refractivity contribution in [2.24, 2.45) is 0 Å². The first kappa shape index (κ1) is 18.0. The molecule has 0 bridgehead atoms. The first-order valence-electron chi connectivity index (χ1n) is 7.25. The maximum atomic E-state index is 10.8. The molecule has 0 aliphatic heterocycles. The maximum Gasteiger partial charge on any atom is 0.333 e. The van der Waals surface area contributed by atoms with Gasteiger partial charge in [0.15, 0.2) is 0 Å². The summed E-state index contributed by atoms with van der Waals surface area (Å²) < 4.78 is 4.43. The Morgan fingerprint density at radius 1 is 1.16 bits per heavy atom. The Kier molecular flexibility index (Phi) is 11.4. The van der Waals surface area contributed by atoms with Gasteiger partial charge in [-0.15, -0.1) is 0 Å². The van der Waals surface area contributed by atoms with E-state index in [2.05, 4.69) is 4.74 Å². The van der Waals surface area contributed by atoms with Gasteiger partial charge in [0.05, 0.1) is 25.0 Å². The highest BCUT2D eigenvalue weighted by Gasteiger charge is 2.01. The summed E-state index contributed by atoms with van der Waals surface area (Å²) in [4.78, 5) is 10.8. The average molecular weight is 272 g/mol. The molecule has 112 valence electrons. The zero-order valence-electron chi connectivity index (χ0n) is 12.2. The molecule has 1 unspecified atom stereocenters. The second kappa shape index (κ2) is 12.0. The molecule has 0 spiro atoms. The van der Waals surface area contributed by atoms with Crippen LogP contribution in [0.15, 0.2) is 11.8 Å². The highest BCUT2D eigenvalue weighted by molar-refractivity contribution is 5.82. The Morgan fingerprint density at radius 3 is 2.32 bits per heavy atom. The summed E-state index contributed by atoms with van der Waals surface area (Å²) in [6, 6.07) is 0. The van der Waals surface area contributed by atoms with Crippen LogP contribution < -0.4 is 0 Å². The van der Waals surface area contributed by atoms with Gasteiger partial charge >= 0.3 is 5.97 Å². The van der Waals surface area contributed by atoms with Gasteiger partial charge in [-0.1, -0.05) is 39.0 Å². The normalized spacial score (nSPS) is 13.3. The Balaban J connectivity index is 3.36. The molecule has 1 atom stereocenters. The lowest BCUT2D eigenvalue weighted by Crippen LogP contribution is -2.03. The van der Waals surface area contributed by atoms with E-state index in [0.717, 1.165) is 57.4 Å². The summed E-state index contributed by atoms with van der Waals surface area (Å²) in [7, 11) is 1.29. The van der Waals surface area contributed by atoms with Crippen LogP contribution >= 0.6 is 0 Å². The number of aliphatic hydroxyl groups is 2. The standard InChI is InChI=1S/C15H28O4/c1-3-13(16)10-8-6-4-5-7-9-11-14(17)12-15(18)19-2/h12-13,16-17H,3-11H2,1-2H3. The number of esters is 1. The second-order valence-corrected chi connectivity index (χ2v) is 4.88. The van der Waals surface area contributed by atoms with Gasteiger partial charge in [0, 0.05) is 6.42 Å². The molecular formula is C15H28O4. The van der Waals surface area contributed by atoms with Gasteiger partial charge in [-0.2, -0.15) is 0 Å². The molecule has 4 nitrogen and oxygen atoms in total. The third-order valence-corrected chi connectivity index (χ3v) is 3.18. The monoisotopic (exact) mass is 272 g/mol. The fourth-order valence-corrected chi connectivity index (χ4v) is 1.86. The highest BCUT2D eigenvalue weighted by atomic mass is 16.5. The van der Waals surface area contributed by atoms with Gasteiger partial charge in [-0.3, -0.25) is 0 Å². The number of hydrogen-bond acceptors (Lipinski definition) is 4. The fraction of sp³-hybridized carbons (Fsp3) is 0.800. The number of aliphatic hydroxyl groups excluding tert-OH is 2. The SMILES string of the molecule is CCC(O)CCCCCCCCC(O)=CC(=O)OC. The predicted octanol–water partition coefficient (Wildman–Crippen LogP) is 3.49. The lowest BCUT2D eigenvalue weighted by Gasteiger charge is -2.06. The number of allylic oxidation sites excluding steroid dienone is 1. The first-order valence-corrected chi connectivity index (χ1v) is 7.25. The van der Waals surface area contributed by atoms with Crippen LogP contribution in [0.3, 0.4) is 0 Å². The number of rotatable bonds is 11. The van der Waals surface area contributed by atoms with E-state index in [1.807, 2.05) is 6.92 Å². The minimum atomic E-state index is -0.507. The van der Waals surface area contributed by atoms with Gasteiger partial charge < -0.3 is 14.9 Å². The van der Waals surface area contributed by atoms with Crippen LogP contribution in [0.4, 0.5) is 0 Å². The van der Waals surface area contributed by atoms with Crippen molar-refractivity contribution in [2.75, 3.05) is 7.11 Å². The minimum Gasteiger partial charge on any atom is -0.512 e. The zero-order chi connectivity index (χ0) is 14.5. The summed E-state index contributed by atoms with van der Waals surface area (Å²) in [5.74, 6) is -0.412. The fourth-order valence-electron chi connectivity index (χ4n) is 1.86. The van der Waals surface area contributed by atoms with Crippen molar-refractivity contribution in [3.05, 3.63) is 11.8 Å². The van der Waals surface area contributed by atoms with Crippen LogP contribution in [0.2, 0.25) is 0 Å². The van der Waals surface area contributed by atoms with Crippen molar-refractivity contribution in [2.45, 2.75) is 70.8 Å². The molecule has 0 aromatic rings. The Morgan fingerprint density at radius 2 is 1.74 bits per heavy atom. The van der Waals surface area contributed by atoms with E-state index >= 15 is 0 Å². The van der Waals surface area contributed by atoms with Crippen molar-refractivity contribution >= 4 is 5.97 Å². The van der Waals surface area contributed by atoms with E-state index in [0.29, 0.717) is 6.42 Å². The zero-order valence-corrected chi connectivity index (χ0v) is 12.2. The number of unbranched alkanes of at least 4 members (excludes halogenated alkanes) is 5. The van der Waals surface area contributed by atoms with Crippen LogP contribution in [-0.2, 0) is 9.53 Å². The van der Waals surface area contributed by atoms with E-state index < -0.39 is 5.97 Å². The van der Waals surface area contributed by atoms with Crippen molar-refractivity contribution in [3.8, 4) is 0 Å². The Bertz CT molecular complexity index is 261. The van der Waals surface area contributed by atoms with Gasteiger partial charge in [0.1, 0.15) is 0 Å². The summed E-state index contributed by atoms with van der Waals surface area (Å²) in [5, 5.41) is 18.8. The summed E-state index contributed by atoms with van der Waals surface area (Å²) in [6.07, 6.45) is 9.74. The van der Waals surface area contributed by atoms with Crippen LogP contribution in [0.1, 0.15) is 64.7 Å². The minimum absolute atomic E-state index is 0.0953. The Labute approximate surface area is 116 Å². The summed E-state index contributed by atoms with van der Waals surface area (Å²) >= 11 is 0. The van der Waals surface area contributed by atoms with Gasteiger partial charge in [-0.25, -0.2) is 4.79 Å². The summed E-state index contributed by atoms with van der Waals surface area (Å²) in [5.41, 5.74) is 0. The largest absolute Gasteiger partial charge is 0.512 e. The van der Waals surface area contributed by atoms with Gasteiger partial charge in [-0.05, 0) is 19.3 Å². The van der Waals surface area contributed by atoms with Crippen LogP contribution in [0.25, 0.3) is 0 Å². The number of carbonyl (C=O) groups excluding carboxylic acids is 1. The molecule has 0 radical (unpaired) electrons. The molecule has 2 N–H and O–H groups in total. The molecule has 0 aliphatic carbocycles. The molecule has 19 heavy (non-hydrogen) atoms. The lowest BCUT2D eigenvalue weighted by molar-refractivity contribution is -0.135. The Hall–Kier alpha value is -1.03. The predicted molar refractivity (Wildman–Crippen MR) is 76.0 cm³/mol. The molecule has 0 rings (SSSR count). The number of ether oxygens (including phenoxy) is 1. The molecular weight excluding hydrogens is 244 g/mol. The molecule has 0 aliphatic rings. The third kappa shape index (κ3) is 11.8. The summed E-state index contributed by atoms with van der Waals surface area (Å²) in [6.45, 7) is 2.00. The number of carbonyl (C=O) groups is 1. The van der Waals surface area contributed by atoms with Crippen molar-refractivity contribution < 1.29 is 19.7 Å². The molecule has 0 amide bonds. The van der Waals surface area contributed by atoms with Gasteiger partial charge in [0.25, 0.3) is 0 Å². The third-order valence-electron chi connectivity index (χ3n) is 3.18. The molecule has 0 saturated heterocycles. The quantitative estimate of drug-likeness (QED) is 0.261. The molecule has 0 heterocycles. The van der Waals surface area contributed by atoms with Gasteiger partial charge in [0.2, 0.25) is 0 Å². The number of methoxy groups -OCH3 is 1. The van der Waals surface area contributed by atoms with E-state index in [-0.39, 0.29) is 11.9 Å². The first-order chi connectivity index (χ1) is 9.10.